The Morgan fingerprint density at radius 2 is 1.87 bits per heavy atom. The van der Waals surface area contributed by atoms with Crippen molar-refractivity contribution in [2.75, 3.05) is 23.5 Å². The first kappa shape index (κ1) is 21.0. The van der Waals surface area contributed by atoms with Gasteiger partial charge in [-0.05, 0) is 67.3 Å². The maximum Gasteiger partial charge on any atom is 0.224 e. The summed E-state index contributed by atoms with van der Waals surface area (Å²) in [6, 6.07) is 7.86. The Hall–Kier alpha value is -1.85. The van der Waals surface area contributed by atoms with Crippen molar-refractivity contribution in [3.05, 3.63) is 45.9 Å². The SMILES string of the molecule is COC1CC2CCC(C1)N2c1nc(Cl)nc2c1CN(c1cc(C(C)C)ccc1C)CC2. The molecule has 2 saturated heterocycles. The summed E-state index contributed by atoms with van der Waals surface area (Å²) in [7, 11) is 1.84. The number of aryl methyl sites for hydroxylation is 1. The van der Waals surface area contributed by atoms with Crippen molar-refractivity contribution in [2.45, 2.75) is 83.5 Å². The summed E-state index contributed by atoms with van der Waals surface area (Å²) in [6.45, 7) is 8.53. The number of halogens is 1. The molecule has 0 saturated carbocycles. The summed E-state index contributed by atoms with van der Waals surface area (Å²) in [5.74, 6) is 1.59. The molecule has 31 heavy (non-hydrogen) atoms. The van der Waals surface area contributed by atoms with Gasteiger partial charge in [0.05, 0.1) is 11.8 Å². The van der Waals surface area contributed by atoms with E-state index in [0.29, 0.717) is 29.4 Å². The Balaban J connectivity index is 1.50. The van der Waals surface area contributed by atoms with Crippen LogP contribution in [0.1, 0.15) is 67.8 Å². The number of rotatable bonds is 4. The average molecular weight is 441 g/mol. The highest BCUT2D eigenvalue weighted by molar-refractivity contribution is 6.28. The molecule has 0 radical (unpaired) electrons. The molecule has 0 amide bonds. The normalized spacial score (nSPS) is 25.3. The van der Waals surface area contributed by atoms with Gasteiger partial charge in [-0.2, -0.15) is 0 Å². The molecule has 4 heterocycles. The largest absolute Gasteiger partial charge is 0.381 e. The van der Waals surface area contributed by atoms with Crippen LogP contribution in [0.25, 0.3) is 0 Å². The number of anilines is 2. The number of benzene rings is 1. The molecule has 0 aliphatic carbocycles. The predicted molar refractivity (Wildman–Crippen MR) is 126 cm³/mol. The smallest absolute Gasteiger partial charge is 0.224 e. The lowest BCUT2D eigenvalue weighted by molar-refractivity contribution is 0.0681. The predicted octanol–water partition coefficient (Wildman–Crippen LogP) is 5.27. The topological polar surface area (TPSA) is 41.5 Å². The number of methoxy groups -OCH3 is 1. The van der Waals surface area contributed by atoms with Crippen LogP contribution in [-0.4, -0.2) is 41.8 Å². The monoisotopic (exact) mass is 440 g/mol. The van der Waals surface area contributed by atoms with Gasteiger partial charge in [0.25, 0.3) is 0 Å². The first-order valence-corrected chi connectivity index (χ1v) is 12.0. The van der Waals surface area contributed by atoms with E-state index < -0.39 is 0 Å². The summed E-state index contributed by atoms with van der Waals surface area (Å²) < 4.78 is 5.72. The zero-order valence-electron chi connectivity index (χ0n) is 19.1. The van der Waals surface area contributed by atoms with Gasteiger partial charge < -0.3 is 14.5 Å². The minimum absolute atomic E-state index is 0.361. The fourth-order valence-electron chi connectivity index (χ4n) is 5.78. The van der Waals surface area contributed by atoms with Crippen molar-refractivity contribution in [3.63, 3.8) is 0 Å². The van der Waals surface area contributed by atoms with Crippen LogP contribution >= 0.6 is 11.6 Å². The first-order valence-electron chi connectivity index (χ1n) is 11.7. The van der Waals surface area contributed by atoms with Gasteiger partial charge in [-0.15, -0.1) is 0 Å². The van der Waals surface area contributed by atoms with Crippen LogP contribution in [-0.2, 0) is 17.7 Å². The maximum atomic E-state index is 6.42. The molecule has 2 atom stereocenters. The van der Waals surface area contributed by atoms with E-state index in [2.05, 4.69) is 53.8 Å². The van der Waals surface area contributed by atoms with E-state index in [1.165, 1.54) is 35.2 Å². The van der Waals surface area contributed by atoms with Crippen LogP contribution in [0.4, 0.5) is 11.5 Å². The molecule has 1 aromatic carbocycles. The Morgan fingerprint density at radius 1 is 1.13 bits per heavy atom. The van der Waals surface area contributed by atoms with Crippen molar-refractivity contribution >= 4 is 23.1 Å². The molecule has 3 aliphatic rings. The third-order valence-corrected chi connectivity index (χ3v) is 7.69. The average Bonchev–Trinajstić information content (AvgIpc) is 3.02. The quantitative estimate of drug-likeness (QED) is 0.605. The number of ether oxygens (including phenoxy) is 1. The molecule has 2 bridgehead atoms. The van der Waals surface area contributed by atoms with Crippen LogP contribution in [0.5, 0.6) is 0 Å². The Labute approximate surface area is 190 Å². The van der Waals surface area contributed by atoms with E-state index in [1.807, 2.05) is 7.11 Å². The van der Waals surface area contributed by atoms with Crippen molar-refractivity contribution in [3.8, 4) is 0 Å². The minimum atomic E-state index is 0.361. The molecule has 6 heteroatoms. The van der Waals surface area contributed by atoms with Crippen LogP contribution in [0.15, 0.2) is 18.2 Å². The van der Waals surface area contributed by atoms with Gasteiger partial charge >= 0.3 is 0 Å². The highest BCUT2D eigenvalue weighted by Crippen LogP contribution is 2.42. The molecule has 2 fully saturated rings. The number of fused-ring (bicyclic) bond motifs is 3. The van der Waals surface area contributed by atoms with E-state index >= 15 is 0 Å². The highest BCUT2D eigenvalue weighted by Gasteiger charge is 2.43. The summed E-state index contributed by atoms with van der Waals surface area (Å²) >= 11 is 6.42. The molecule has 166 valence electrons. The van der Waals surface area contributed by atoms with Gasteiger partial charge in [-0.1, -0.05) is 26.0 Å². The lowest BCUT2D eigenvalue weighted by Crippen LogP contribution is -2.47. The van der Waals surface area contributed by atoms with Gasteiger partial charge in [-0.3, -0.25) is 0 Å². The Kier molecular flexibility index (Phi) is 5.59. The van der Waals surface area contributed by atoms with Crippen molar-refractivity contribution < 1.29 is 4.74 Å². The molecular weight excluding hydrogens is 408 g/mol. The van der Waals surface area contributed by atoms with Gasteiger partial charge in [-0.25, -0.2) is 9.97 Å². The van der Waals surface area contributed by atoms with E-state index in [-0.39, 0.29) is 0 Å². The fraction of sp³-hybridized carbons (Fsp3) is 0.600. The van der Waals surface area contributed by atoms with Crippen LogP contribution < -0.4 is 9.80 Å². The minimum Gasteiger partial charge on any atom is -0.381 e. The van der Waals surface area contributed by atoms with Crippen molar-refractivity contribution in [1.82, 2.24) is 9.97 Å². The number of nitrogens with zero attached hydrogens (tertiary/aromatic N) is 4. The standard InChI is InChI=1S/C25H33ClN4O/c1-15(2)17-6-5-16(3)23(11-17)29-10-9-22-21(14-29)24(28-25(26)27-22)30-18-7-8-19(30)13-20(12-18)31-4/h5-6,11,15,18-20H,7-10,12-14H2,1-4H3. The van der Waals surface area contributed by atoms with Crippen LogP contribution in [0, 0.1) is 6.92 Å². The molecule has 2 aromatic rings. The van der Waals surface area contributed by atoms with E-state index in [0.717, 1.165) is 43.9 Å². The summed E-state index contributed by atoms with van der Waals surface area (Å²) in [5.41, 5.74) is 6.43. The lowest BCUT2D eigenvalue weighted by Gasteiger charge is -2.41. The van der Waals surface area contributed by atoms with Crippen molar-refractivity contribution in [1.29, 1.82) is 0 Å². The second kappa shape index (κ2) is 8.25. The van der Waals surface area contributed by atoms with E-state index in [9.17, 15) is 0 Å². The summed E-state index contributed by atoms with van der Waals surface area (Å²) in [4.78, 5) is 14.5. The van der Waals surface area contributed by atoms with Gasteiger partial charge in [0.15, 0.2) is 0 Å². The Morgan fingerprint density at radius 3 is 2.55 bits per heavy atom. The van der Waals surface area contributed by atoms with E-state index in [1.54, 1.807) is 0 Å². The molecule has 0 spiro atoms. The fourth-order valence-corrected chi connectivity index (χ4v) is 5.96. The van der Waals surface area contributed by atoms with Crippen molar-refractivity contribution in [2.24, 2.45) is 0 Å². The maximum absolute atomic E-state index is 6.42. The second-order valence-corrected chi connectivity index (χ2v) is 10.1. The van der Waals surface area contributed by atoms with Gasteiger partial charge in [0.1, 0.15) is 5.82 Å². The molecular formula is C25H33ClN4O. The van der Waals surface area contributed by atoms with E-state index in [4.69, 9.17) is 21.3 Å². The third kappa shape index (κ3) is 3.80. The van der Waals surface area contributed by atoms with Gasteiger partial charge in [0.2, 0.25) is 5.28 Å². The van der Waals surface area contributed by atoms with Gasteiger partial charge in [0, 0.05) is 50.0 Å². The second-order valence-electron chi connectivity index (χ2n) is 9.74. The first-order chi connectivity index (χ1) is 14.9. The number of hydrogen-bond donors (Lipinski definition) is 0. The molecule has 2 unspecified atom stereocenters. The Bertz CT molecular complexity index is 964. The summed E-state index contributed by atoms with van der Waals surface area (Å²) in [5, 5.41) is 0.383. The number of hydrogen-bond acceptors (Lipinski definition) is 5. The zero-order chi connectivity index (χ0) is 21.7. The lowest BCUT2D eigenvalue weighted by atomic mass is 9.96. The molecule has 5 nitrogen and oxygen atoms in total. The highest BCUT2D eigenvalue weighted by atomic mass is 35.5. The number of piperidine rings is 1. The van der Waals surface area contributed by atoms with Crippen LogP contribution in [0.3, 0.4) is 0 Å². The third-order valence-electron chi connectivity index (χ3n) is 7.52. The molecule has 1 aromatic heterocycles. The van der Waals surface area contributed by atoms with Crippen LogP contribution in [0.2, 0.25) is 5.28 Å². The summed E-state index contributed by atoms with van der Waals surface area (Å²) in [6.07, 6.45) is 5.82. The molecule has 5 rings (SSSR count). The molecule has 3 aliphatic heterocycles. The zero-order valence-corrected chi connectivity index (χ0v) is 19.8. The molecule has 0 N–H and O–H groups in total. The number of aromatic nitrogens is 2.